The molecule has 0 bridgehead atoms. The fourth-order valence-corrected chi connectivity index (χ4v) is 3.65. The molecule has 2 N–H and O–H groups in total. The number of nitrogens with one attached hydrogen (secondary N) is 1. The Morgan fingerprint density at radius 1 is 1.38 bits per heavy atom. The number of aryl methyl sites for hydroxylation is 1. The van der Waals surface area contributed by atoms with Gasteiger partial charge in [-0.05, 0) is 56.9 Å². The van der Waals surface area contributed by atoms with E-state index < -0.39 is 0 Å². The molecule has 2 rings (SSSR count). The van der Waals surface area contributed by atoms with Gasteiger partial charge < -0.3 is 10.4 Å². The van der Waals surface area contributed by atoms with E-state index in [9.17, 15) is 9.90 Å². The van der Waals surface area contributed by atoms with Crippen molar-refractivity contribution < 1.29 is 9.90 Å². The summed E-state index contributed by atoms with van der Waals surface area (Å²) in [7, 11) is 0. The van der Waals surface area contributed by atoms with E-state index >= 15 is 0 Å². The summed E-state index contributed by atoms with van der Waals surface area (Å²) >= 11 is 0. The number of carbonyl (C=O) groups is 1. The molecular weight excluding hydrogens is 302 g/mol. The summed E-state index contributed by atoms with van der Waals surface area (Å²) in [5.41, 5.74) is 3.43. The Hall–Kier alpha value is -1.36. The zero-order valence-corrected chi connectivity index (χ0v) is 15.6. The molecule has 1 aromatic heterocycles. The van der Waals surface area contributed by atoms with E-state index in [1.165, 1.54) is 11.3 Å². The summed E-state index contributed by atoms with van der Waals surface area (Å²) in [4.78, 5) is 12.1. The smallest absolute Gasteiger partial charge is 0.220 e. The van der Waals surface area contributed by atoms with Crippen molar-refractivity contribution >= 4 is 5.91 Å². The van der Waals surface area contributed by atoms with Crippen LogP contribution in [0.25, 0.3) is 0 Å². The van der Waals surface area contributed by atoms with Gasteiger partial charge in [-0.15, -0.1) is 0 Å². The maximum atomic E-state index is 12.1. The minimum Gasteiger partial charge on any atom is -0.393 e. The second-order valence-electron chi connectivity index (χ2n) is 7.72. The molecular formula is C19H33N3O2. The van der Waals surface area contributed by atoms with Gasteiger partial charge in [-0.3, -0.25) is 9.48 Å². The van der Waals surface area contributed by atoms with E-state index in [-0.39, 0.29) is 12.0 Å². The fraction of sp³-hybridized carbons (Fsp3) is 0.789. The molecule has 1 amide bonds. The number of nitrogens with zero attached hydrogens (tertiary/aromatic N) is 2. The summed E-state index contributed by atoms with van der Waals surface area (Å²) in [6.07, 6.45) is 4.97. The average Bonchev–Trinajstić information content (AvgIpc) is 2.77. The molecule has 1 aliphatic rings. The van der Waals surface area contributed by atoms with Crippen LogP contribution in [0.2, 0.25) is 0 Å². The van der Waals surface area contributed by atoms with Crippen molar-refractivity contribution in [3.63, 3.8) is 0 Å². The van der Waals surface area contributed by atoms with Crippen LogP contribution in [0, 0.1) is 25.7 Å². The Morgan fingerprint density at radius 2 is 2.12 bits per heavy atom. The molecule has 24 heavy (non-hydrogen) atoms. The summed E-state index contributed by atoms with van der Waals surface area (Å²) in [5.74, 6) is 1.09. The lowest BCUT2D eigenvalue weighted by Gasteiger charge is -2.25. The van der Waals surface area contributed by atoms with Crippen LogP contribution >= 0.6 is 0 Å². The molecule has 2 unspecified atom stereocenters. The van der Waals surface area contributed by atoms with Crippen LogP contribution in [-0.4, -0.2) is 33.4 Å². The van der Waals surface area contributed by atoms with Crippen molar-refractivity contribution in [3.05, 3.63) is 17.0 Å². The van der Waals surface area contributed by atoms with Crippen molar-refractivity contribution in [1.82, 2.24) is 15.1 Å². The van der Waals surface area contributed by atoms with E-state index in [1.807, 2.05) is 6.92 Å². The molecule has 1 fully saturated rings. The van der Waals surface area contributed by atoms with Crippen LogP contribution in [0.3, 0.4) is 0 Å². The van der Waals surface area contributed by atoms with Gasteiger partial charge in [-0.25, -0.2) is 0 Å². The number of aliphatic hydroxyl groups excluding tert-OH is 1. The van der Waals surface area contributed by atoms with Gasteiger partial charge in [0.15, 0.2) is 0 Å². The molecule has 1 aromatic rings. The summed E-state index contributed by atoms with van der Waals surface area (Å²) in [6.45, 7) is 10.1. The molecule has 0 aromatic carbocycles. The first kappa shape index (κ1) is 19.0. The van der Waals surface area contributed by atoms with Crippen LogP contribution in [-0.2, 0) is 17.8 Å². The minimum atomic E-state index is -0.183. The number of aromatic nitrogens is 2. The largest absolute Gasteiger partial charge is 0.393 e. The molecule has 1 saturated carbocycles. The monoisotopic (exact) mass is 335 g/mol. The third-order valence-corrected chi connectivity index (χ3v) is 5.01. The first-order valence-corrected chi connectivity index (χ1v) is 9.34. The van der Waals surface area contributed by atoms with Gasteiger partial charge in [0, 0.05) is 25.2 Å². The van der Waals surface area contributed by atoms with Crippen molar-refractivity contribution in [3.8, 4) is 0 Å². The Kier molecular flexibility index (Phi) is 6.84. The average molecular weight is 335 g/mol. The highest BCUT2D eigenvalue weighted by Crippen LogP contribution is 2.23. The van der Waals surface area contributed by atoms with Crippen molar-refractivity contribution in [2.24, 2.45) is 11.8 Å². The van der Waals surface area contributed by atoms with Crippen LogP contribution in [0.4, 0.5) is 0 Å². The lowest BCUT2D eigenvalue weighted by atomic mass is 9.87. The summed E-state index contributed by atoms with van der Waals surface area (Å²) in [6, 6.07) is 0. The third-order valence-electron chi connectivity index (χ3n) is 5.01. The fourth-order valence-electron chi connectivity index (χ4n) is 3.65. The number of amides is 1. The highest BCUT2D eigenvalue weighted by molar-refractivity contribution is 5.76. The minimum absolute atomic E-state index is 0.102. The first-order valence-electron chi connectivity index (χ1n) is 9.34. The van der Waals surface area contributed by atoms with Crippen molar-refractivity contribution in [2.45, 2.75) is 78.9 Å². The molecule has 0 saturated heterocycles. The van der Waals surface area contributed by atoms with E-state index in [2.05, 4.69) is 35.9 Å². The third kappa shape index (κ3) is 5.33. The Morgan fingerprint density at radius 3 is 2.79 bits per heavy atom. The molecule has 0 radical (unpaired) electrons. The van der Waals surface area contributed by atoms with Crippen LogP contribution in [0.15, 0.2) is 0 Å². The quantitative estimate of drug-likeness (QED) is 0.805. The highest BCUT2D eigenvalue weighted by atomic mass is 16.3. The number of rotatable bonds is 7. The van der Waals surface area contributed by atoms with E-state index in [1.54, 1.807) is 0 Å². The van der Waals surface area contributed by atoms with E-state index in [0.717, 1.165) is 44.3 Å². The summed E-state index contributed by atoms with van der Waals surface area (Å²) in [5, 5.41) is 17.4. The van der Waals surface area contributed by atoms with Gasteiger partial charge >= 0.3 is 0 Å². The van der Waals surface area contributed by atoms with Gasteiger partial charge in [0.05, 0.1) is 11.8 Å². The topological polar surface area (TPSA) is 67.2 Å². The van der Waals surface area contributed by atoms with Gasteiger partial charge in [0.25, 0.3) is 0 Å². The van der Waals surface area contributed by atoms with Crippen LogP contribution in [0.1, 0.15) is 62.9 Å². The first-order chi connectivity index (χ1) is 11.4. The second-order valence-corrected chi connectivity index (χ2v) is 7.72. The molecule has 0 aliphatic heterocycles. The maximum absolute atomic E-state index is 12.1. The zero-order chi connectivity index (χ0) is 17.7. The molecule has 2 atom stereocenters. The molecule has 5 heteroatoms. The van der Waals surface area contributed by atoms with Crippen LogP contribution in [0.5, 0.6) is 0 Å². The lowest BCUT2D eigenvalue weighted by molar-refractivity contribution is -0.121. The molecule has 5 nitrogen and oxygen atoms in total. The maximum Gasteiger partial charge on any atom is 0.220 e. The number of aliphatic hydroxyl groups is 1. The predicted octanol–water partition coefficient (Wildman–Crippen LogP) is 2.76. The predicted molar refractivity (Wildman–Crippen MR) is 95.8 cm³/mol. The number of hydrogen-bond donors (Lipinski definition) is 2. The van der Waals surface area contributed by atoms with E-state index in [0.29, 0.717) is 24.8 Å². The lowest BCUT2D eigenvalue weighted by Crippen LogP contribution is -2.33. The second kappa shape index (κ2) is 8.65. The van der Waals surface area contributed by atoms with Crippen molar-refractivity contribution in [2.75, 3.05) is 6.54 Å². The molecule has 0 spiro atoms. The molecule has 136 valence electrons. The summed E-state index contributed by atoms with van der Waals surface area (Å²) < 4.78 is 2.07. The molecule has 1 heterocycles. The molecule has 1 aliphatic carbocycles. The van der Waals surface area contributed by atoms with Gasteiger partial charge in [-0.2, -0.15) is 5.10 Å². The Bertz CT molecular complexity index is 551. The number of carbonyl (C=O) groups excluding carboxylic acids is 1. The highest BCUT2D eigenvalue weighted by Gasteiger charge is 2.20. The normalized spacial score (nSPS) is 21.2. The Balaban J connectivity index is 1.80. The van der Waals surface area contributed by atoms with E-state index in [4.69, 9.17) is 0 Å². The Labute approximate surface area is 145 Å². The van der Waals surface area contributed by atoms with Crippen molar-refractivity contribution in [1.29, 1.82) is 0 Å². The van der Waals surface area contributed by atoms with Crippen LogP contribution < -0.4 is 5.32 Å². The zero-order valence-electron chi connectivity index (χ0n) is 15.6. The van der Waals surface area contributed by atoms with Gasteiger partial charge in [0.1, 0.15) is 0 Å². The van der Waals surface area contributed by atoms with Gasteiger partial charge in [0.2, 0.25) is 5.91 Å². The standard InChI is InChI=1S/C19H33N3O2/c1-13(2)12-22-15(4)18(14(3)21-22)8-9-19(24)20-11-16-6-5-7-17(23)10-16/h13,16-17,23H,5-12H2,1-4H3,(H,20,24). The number of hydrogen-bond acceptors (Lipinski definition) is 3. The SMILES string of the molecule is Cc1nn(CC(C)C)c(C)c1CCC(=O)NCC1CCCC(O)C1. The van der Waals surface area contributed by atoms with Gasteiger partial charge in [-0.1, -0.05) is 20.3 Å².